The van der Waals surface area contributed by atoms with Gasteiger partial charge in [-0.25, -0.2) is 4.79 Å². The van der Waals surface area contributed by atoms with Crippen molar-refractivity contribution < 1.29 is 14.6 Å². The number of rotatable bonds is 6. The third-order valence-corrected chi connectivity index (χ3v) is 3.23. The number of carboxylic acids is 1. The van der Waals surface area contributed by atoms with Crippen molar-refractivity contribution in [1.29, 1.82) is 0 Å². The van der Waals surface area contributed by atoms with Crippen LogP contribution in [0.4, 0.5) is 0 Å². The zero-order chi connectivity index (χ0) is 15.3. The van der Waals surface area contributed by atoms with Crippen LogP contribution in [0.5, 0.6) is 0 Å². The summed E-state index contributed by atoms with van der Waals surface area (Å²) in [5.74, 6) is -0.579. The van der Waals surface area contributed by atoms with E-state index in [2.05, 4.69) is 32.9 Å². The molecule has 0 aliphatic heterocycles. The Morgan fingerprint density at radius 1 is 1.20 bits per heavy atom. The summed E-state index contributed by atoms with van der Waals surface area (Å²) >= 11 is 0. The van der Waals surface area contributed by atoms with E-state index in [0.717, 1.165) is 5.56 Å². The summed E-state index contributed by atoms with van der Waals surface area (Å²) in [6, 6.07) is 8.18. The fraction of sp³-hybridized carbons (Fsp3) is 0.588. The summed E-state index contributed by atoms with van der Waals surface area (Å²) in [4.78, 5) is 11.1. The molecule has 0 aromatic heterocycles. The van der Waals surface area contributed by atoms with Gasteiger partial charge < -0.3 is 9.84 Å². The van der Waals surface area contributed by atoms with Crippen molar-refractivity contribution in [3.63, 3.8) is 0 Å². The van der Waals surface area contributed by atoms with Crippen LogP contribution in [0.1, 0.15) is 52.2 Å². The molecule has 1 N–H and O–H groups in total. The van der Waals surface area contributed by atoms with Crippen molar-refractivity contribution in [2.24, 2.45) is 5.92 Å². The van der Waals surface area contributed by atoms with Crippen LogP contribution in [-0.4, -0.2) is 17.2 Å². The van der Waals surface area contributed by atoms with Crippen molar-refractivity contribution in [1.82, 2.24) is 0 Å². The van der Waals surface area contributed by atoms with Crippen molar-refractivity contribution in [3.8, 4) is 0 Å². The van der Waals surface area contributed by atoms with Gasteiger partial charge in [-0.2, -0.15) is 0 Å². The number of carboxylic acid groups (broad SMARTS) is 1. The Morgan fingerprint density at radius 3 is 2.15 bits per heavy atom. The maximum Gasteiger partial charge on any atom is 0.332 e. The first-order valence-corrected chi connectivity index (χ1v) is 7.14. The minimum atomic E-state index is -0.884. The zero-order valence-corrected chi connectivity index (χ0v) is 13.1. The first-order valence-electron chi connectivity index (χ1n) is 7.14. The maximum absolute atomic E-state index is 11.1. The monoisotopic (exact) mass is 278 g/mol. The number of carbonyl (C=O) groups is 1. The van der Waals surface area contributed by atoms with E-state index in [1.54, 1.807) is 0 Å². The van der Waals surface area contributed by atoms with E-state index in [-0.39, 0.29) is 5.41 Å². The number of ether oxygens (including phenoxy) is 1. The van der Waals surface area contributed by atoms with Gasteiger partial charge in [0.15, 0.2) is 6.10 Å². The normalized spacial score (nSPS) is 13.5. The standard InChI is InChI=1S/C17H26O3/c1-12(2)10-15(16(18)19)20-11-13-6-8-14(9-7-13)17(3,4)5/h6-9,12,15H,10-11H2,1-5H3,(H,18,19)/t15-/m1/s1. The lowest BCUT2D eigenvalue weighted by atomic mass is 9.87. The van der Waals surface area contributed by atoms with E-state index in [0.29, 0.717) is 18.9 Å². The molecule has 0 fully saturated rings. The molecular weight excluding hydrogens is 252 g/mol. The lowest BCUT2D eigenvalue weighted by Crippen LogP contribution is -2.25. The van der Waals surface area contributed by atoms with Crippen LogP contribution in [0.15, 0.2) is 24.3 Å². The predicted octanol–water partition coefficient (Wildman–Crippen LogP) is 4.00. The molecule has 0 amide bonds. The number of aliphatic carboxylic acids is 1. The molecule has 0 radical (unpaired) electrons. The predicted molar refractivity (Wildman–Crippen MR) is 80.8 cm³/mol. The second-order valence-corrected chi connectivity index (χ2v) is 6.71. The minimum Gasteiger partial charge on any atom is -0.479 e. The van der Waals surface area contributed by atoms with Gasteiger partial charge in [0, 0.05) is 0 Å². The molecule has 0 heterocycles. The van der Waals surface area contributed by atoms with Gasteiger partial charge in [-0.05, 0) is 28.9 Å². The highest BCUT2D eigenvalue weighted by atomic mass is 16.5. The van der Waals surface area contributed by atoms with E-state index in [4.69, 9.17) is 9.84 Å². The molecule has 1 atom stereocenters. The average Bonchev–Trinajstić information content (AvgIpc) is 2.33. The summed E-state index contributed by atoms with van der Waals surface area (Å²) < 4.78 is 5.53. The fourth-order valence-electron chi connectivity index (χ4n) is 1.97. The SMILES string of the molecule is CC(C)C[C@@H](OCc1ccc(C(C)(C)C)cc1)C(=O)O. The summed E-state index contributed by atoms with van der Waals surface area (Å²) in [6.07, 6.45) is -0.188. The highest BCUT2D eigenvalue weighted by molar-refractivity contribution is 5.72. The van der Waals surface area contributed by atoms with Crippen LogP contribution in [-0.2, 0) is 21.6 Å². The van der Waals surface area contributed by atoms with Crippen molar-refractivity contribution in [2.75, 3.05) is 0 Å². The quantitative estimate of drug-likeness (QED) is 0.855. The Bertz CT molecular complexity index is 427. The van der Waals surface area contributed by atoms with Gasteiger partial charge in [0.05, 0.1) is 6.61 Å². The minimum absolute atomic E-state index is 0.126. The molecule has 20 heavy (non-hydrogen) atoms. The third-order valence-electron chi connectivity index (χ3n) is 3.23. The molecule has 0 spiro atoms. The van der Waals surface area contributed by atoms with Gasteiger partial charge in [-0.1, -0.05) is 58.9 Å². The summed E-state index contributed by atoms with van der Waals surface area (Å²) in [7, 11) is 0. The number of hydrogen-bond donors (Lipinski definition) is 1. The Morgan fingerprint density at radius 2 is 1.75 bits per heavy atom. The van der Waals surface area contributed by atoms with Gasteiger partial charge in [0.2, 0.25) is 0 Å². The molecule has 0 aliphatic rings. The molecule has 0 aliphatic carbocycles. The Balaban J connectivity index is 2.62. The first kappa shape index (κ1) is 16.7. The van der Waals surface area contributed by atoms with E-state index in [1.165, 1.54) is 5.56 Å². The summed E-state index contributed by atoms with van der Waals surface area (Å²) in [6.45, 7) is 10.8. The summed E-state index contributed by atoms with van der Waals surface area (Å²) in [5, 5.41) is 9.13. The smallest absolute Gasteiger partial charge is 0.332 e. The second-order valence-electron chi connectivity index (χ2n) is 6.71. The molecule has 3 heteroatoms. The molecule has 0 bridgehead atoms. The summed E-state index contributed by atoms with van der Waals surface area (Å²) in [5.41, 5.74) is 2.40. The largest absolute Gasteiger partial charge is 0.479 e. The molecule has 3 nitrogen and oxygen atoms in total. The average molecular weight is 278 g/mol. The van der Waals surface area contributed by atoms with Crippen molar-refractivity contribution in [2.45, 2.75) is 59.2 Å². The van der Waals surface area contributed by atoms with Crippen LogP contribution >= 0.6 is 0 Å². The molecule has 1 rings (SSSR count). The van der Waals surface area contributed by atoms with Crippen molar-refractivity contribution >= 4 is 5.97 Å². The molecule has 0 unspecified atom stereocenters. The van der Waals surface area contributed by atoms with Gasteiger partial charge in [0.25, 0.3) is 0 Å². The van der Waals surface area contributed by atoms with Crippen LogP contribution in [0.25, 0.3) is 0 Å². The van der Waals surface area contributed by atoms with Crippen LogP contribution in [0.2, 0.25) is 0 Å². The maximum atomic E-state index is 11.1. The molecule has 0 saturated heterocycles. The van der Waals surface area contributed by atoms with E-state index in [1.807, 2.05) is 26.0 Å². The first-order chi connectivity index (χ1) is 9.20. The van der Waals surface area contributed by atoms with Crippen molar-refractivity contribution in [3.05, 3.63) is 35.4 Å². The highest BCUT2D eigenvalue weighted by Gasteiger charge is 2.19. The van der Waals surface area contributed by atoms with E-state index < -0.39 is 12.1 Å². The van der Waals surface area contributed by atoms with Gasteiger partial charge >= 0.3 is 5.97 Å². The number of hydrogen-bond acceptors (Lipinski definition) is 2. The van der Waals surface area contributed by atoms with Crippen LogP contribution < -0.4 is 0 Å². The molecular formula is C17H26O3. The molecule has 0 saturated carbocycles. The van der Waals surface area contributed by atoms with Crippen LogP contribution in [0, 0.1) is 5.92 Å². The van der Waals surface area contributed by atoms with Gasteiger partial charge in [0.1, 0.15) is 0 Å². The molecule has 1 aromatic rings. The van der Waals surface area contributed by atoms with Gasteiger partial charge in [-0.15, -0.1) is 0 Å². The molecule has 1 aromatic carbocycles. The lowest BCUT2D eigenvalue weighted by molar-refractivity contribution is -0.152. The van der Waals surface area contributed by atoms with E-state index in [9.17, 15) is 4.79 Å². The number of benzene rings is 1. The zero-order valence-electron chi connectivity index (χ0n) is 13.1. The Kier molecular flexibility index (Phi) is 5.75. The lowest BCUT2D eigenvalue weighted by Gasteiger charge is -2.19. The van der Waals surface area contributed by atoms with Crippen LogP contribution in [0.3, 0.4) is 0 Å². The highest BCUT2D eigenvalue weighted by Crippen LogP contribution is 2.22. The Labute approximate surface area is 122 Å². The van der Waals surface area contributed by atoms with E-state index >= 15 is 0 Å². The second kappa shape index (κ2) is 6.89. The third kappa shape index (κ3) is 5.33. The Hall–Kier alpha value is -1.35. The fourth-order valence-corrected chi connectivity index (χ4v) is 1.97. The molecule has 112 valence electrons. The topological polar surface area (TPSA) is 46.5 Å². The van der Waals surface area contributed by atoms with Gasteiger partial charge in [-0.3, -0.25) is 0 Å².